The second-order valence-corrected chi connectivity index (χ2v) is 10.9. The number of aryl methyl sites for hydroxylation is 1. The Labute approximate surface area is 201 Å². The minimum Gasteiger partial charge on any atom is -0.462 e. The molecule has 0 spiro atoms. The van der Waals surface area contributed by atoms with Crippen molar-refractivity contribution < 1.29 is 9.53 Å². The fraction of sp³-hybridized carbons (Fsp3) is 0.516. The predicted molar refractivity (Wildman–Crippen MR) is 141 cm³/mol. The van der Waals surface area contributed by atoms with Crippen molar-refractivity contribution in [2.45, 2.75) is 91.9 Å². The summed E-state index contributed by atoms with van der Waals surface area (Å²) in [5, 5.41) is 0. The molecule has 0 aliphatic heterocycles. The second kappa shape index (κ2) is 9.87. The van der Waals surface area contributed by atoms with Crippen molar-refractivity contribution in [3.05, 3.63) is 69.8 Å². The second-order valence-electron chi connectivity index (χ2n) is 10.9. The van der Waals surface area contributed by atoms with Crippen LogP contribution in [0.1, 0.15) is 113 Å². The number of hydrogen-bond donors (Lipinski definition) is 0. The van der Waals surface area contributed by atoms with Crippen LogP contribution in [0.3, 0.4) is 0 Å². The fourth-order valence-electron chi connectivity index (χ4n) is 5.34. The topological polar surface area (TPSA) is 26.3 Å². The quantitative estimate of drug-likeness (QED) is 0.301. The Balaban J connectivity index is 2.00. The van der Waals surface area contributed by atoms with E-state index in [9.17, 15) is 4.79 Å². The average molecular weight is 447 g/mol. The van der Waals surface area contributed by atoms with E-state index in [1.165, 1.54) is 40.7 Å². The maximum Gasteiger partial charge on any atom is 0.338 e. The van der Waals surface area contributed by atoms with Gasteiger partial charge < -0.3 is 4.74 Å². The van der Waals surface area contributed by atoms with Gasteiger partial charge in [0.1, 0.15) is 0 Å². The van der Waals surface area contributed by atoms with E-state index >= 15 is 0 Å². The van der Waals surface area contributed by atoms with Crippen LogP contribution < -0.4 is 0 Å². The molecule has 0 radical (unpaired) electrons. The van der Waals surface area contributed by atoms with E-state index in [-0.39, 0.29) is 16.8 Å². The smallest absolute Gasteiger partial charge is 0.338 e. The Bertz CT molecular complexity index is 1020. The van der Waals surface area contributed by atoms with E-state index in [0.29, 0.717) is 18.1 Å². The lowest BCUT2D eigenvalue weighted by Crippen LogP contribution is -2.30. The number of fused-ring (bicyclic) bond motifs is 1. The molecule has 1 atom stereocenters. The molecule has 2 aromatic rings. The molecule has 0 saturated carbocycles. The van der Waals surface area contributed by atoms with Crippen molar-refractivity contribution in [2.24, 2.45) is 5.92 Å². The third kappa shape index (κ3) is 4.95. The molecule has 2 aromatic carbocycles. The minimum atomic E-state index is -0.247. The molecule has 1 aliphatic rings. The molecule has 2 heteroatoms. The van der Waals surface area contributed by atoms with Crippen molar-refractivity contribution in [2.75, 3.05) is 6.61 Å². The molecule has 1 aliphatic carbocycles. The van der Waals surface area contributed by atoms with Crippen molar-refractivity contribution in [3.63, 3.8) is 0 Å². The van der Waals surface area contributed by atoms with Gasteiger partial charge in [-0.1, -0.05) is 85.2 Å². The SMILES string of the molecule is CCCCc1cc2c(cc1/C(C)=C/c1ccc(C(=O)OCCC)cc1)C(C)(C)C(C)C2(C)C. The number of hydrogen-bond acceptors (Lipinski definition) is 2. The monoisotopic (exact) mass is 446 g/mol. The van der Waals surface area contributed by atoms with Crippen LogP contribution in [0.25, 0.3) is 11.6 Å². The molecule has 0 heterocycles. The van der Waals surface area contributed by atoms with Gasteiger partial charge in [-0.3, -0.25) is 0 Å². The first-order chi connectivity index (χ1) is 15.5. The Morgan fingerprint density at radius 3 is 2.15 bits per heavy atom. The van der Waals surface area contributed by atoms with E-state index in [1.54, 1.807) is 0 Å². The summed E-state index contributed by atoms with van der Waals surface area (Å²) in [6, 6.07) is 12.8. The molecular formula is C31H42O2. The lowest BCUT2D eigenvalue weighted by atomic mass is 9.71. The van der Waals surface area contributed by atoms with Crippen LogP contribution >= 0.6 is 0 Å². The van der Waals surface area contributed by atoms with Crippen LogP contribution in [0.15, 0.2) is 36.4 Å². The molecule has 0 aromatic heterocycles. The zero-order valence-corrected chi connectivity index (χ0v) is 22.0. The third-order valence-electron chi connectivity index (χ3n) is 7.99. The van der Waals surface area contributed by atoms with Crippen LogP contribution in [-0.2, 0) is 22.0 Å². The Morgan fingerprint density at radius 1 is 0.970 bits per heavy atom. The van der Waals surface area contributed by atoms with Crippen LogP contribution in [0.5, 0.6) is 0 Å². The lowest BCUT2D eigenvalue weighted by molar-refractivity contribution is 0.0505. The van der Waals surface area contributed by atoms with Gasteiger partial charge in [-0.25, -0.2) is 4.79 Å². The molecule has 0 bridgehead atoms. The molecule has 3 rings (SSSR count). The van der Waals surface area contributed by atoms with Crippen LogP contribution in [0, 0.1) is 5.92 Å². The van der Waals surface area contributed by atoms with Gasteiger partial charge in [0.2, 0.25) is 0 Å². The number of ether oxygens (including phenoxy) is 1. The summed E-state index contributed by atoms with van der Waals surface area (Å²) in [5.41, 5.74) is 9.17. The maximum absolute atomic E-state index is 12.1. The summed E-state index contributed by atoms with van der Waals surface area (Å²) in [6.45, 7) is 19.0. The fourth-order valence-corrected chi connectivity index (χ4v) is 5.34. The van der Waals surface area contributed by atoms with Crippen LogP contribution in [0.4, 0.5) is 0 Å². The molecular weight excluding hydrogens is 404 g/mol. The number of rotatable bonds is 8. The Hall–Kier alpha value is -2.35. The number of allylic oxidation sites excluding steroid dienone is 1. The predicted octanol–water partition coefficient (Wildman–Crippen LogP) is 8.36. The highest BCUT2D eigenvalue weighted by molar-refractivity contribution is 5.90. The van der Waals surface area contributed by atoms with Crippen molar-refractivity contribution in [1.29, 1.82) is 0 Å². The summed E-state index contributed by atoms with van der Waals surface area (Å²) >= 11 is 0. The third-order valence-corrected chi connectivity index (χ3v) is 7.99. The van der Waals surface area contributed by atoms with Crippen molar-refractivity contribution in [1.82, 2.24) is 0 Å². The molecule has 0 amide bonds. The highest BCUT2D eigenvalue weighted by Gasteiger charge is 2.48. The number of benzene rings is 2. The molecule has 178 valence electrons. The van der Waals surface area contributed by atoms with Gasteiger partial charge in [0.05, 0.1) is 12.2 Å². The van der Waals surface area contributed by atoms with Crippen molar-refractivity contribution >= 4 is 17.6 Å². The van der Waals surface area contributed by atoms with Gasteiger partial charge in [0.15, 0.2) is 0 Å². The Kier molecular flexibility index (Phi) is 7.56. The molecule has 0 fully saturated rings. The number of carbonyl (C=O) groups is 1. The number of carbonyl (C=O) groups excluding carboxylic acids is 1. The highest BCUT2D eigenvalue weighted by atomic mass is 16.5. The van der Waals surface area contributed by atoms with E-state index in [2.05, 4.69) is 66.7 Å². The summed E-state index contributed by atoms with van der Waals surface area (Å²) in [6.07, 6.45) is 6.58. The highest BCUT2D eigenvalue weighted by Crippen LogP contribution is 2.54. The van der Waals surface area contributed by atoms with Gasteiger partial charge in [-0.15, -0.1) is 0 Å². The zero-order valence-electron chi connectivity index (χ0n) is 22.0. The molecule has 1 unspecified atom stereocenters. The summed E-state index contributed by atoms with van der Waals surface area (Å²) < 4.78 is 5.25. The van der Waals surface area contributed by atoms with Crippen LogP contribution in [0.2, 0.25) is 0 Å². The van der Waals surface area contributed by atoms with Crippen molar-refractivity contribution in [3.8, 4) is 0 Å². The van der Waals surface area contributed by atoms with E-state index in [0.717, 1.165) is 18.4 Å². The van der Waals surface area contributed by atoms with Gasteiger partial charge in [-0.05, 0) is 88.5 Å². The Morgan fingerprint density at radius 2 is 1.58 bits per heavy atom. The molecule has 0 saturated heterocycles. The number of esters is 1. The first-order valence-corrected chi connectivity index (χ1v) is 12.7. The molecule has 0 N–H and O–H groups in total. The van der Waals surface area contributed by atoms with Gasteiger partial charge in [0, 0.05) is 0 Å². The number of unbranched alkanes of at least 4 members (excludes halogenated alkanes) is 1. The first kappa shape index (κ1) is 25.3. The van der Waals surface area contributed by atoms with Crippen LogP contribution in [-0.4, -0.2) is 12.6 Å². The largest absolute Gasteiger partial charge is 0.462 e. The average Bonchev–Trinajstić information content (AvgIpc) is 2.92. The van der Waals surface area contributed by atoms with E-state index < -0.39 is 0 Å². The van der Waals surface area contributed by atoms with Gasteiger partial charge >= 0.3 is 5.97 Å². The van der Waals surface area contributed by atoms with Gasteiger partial charge in [-0.2, -0.15) is 0 Å². The normalized spacial score (nSPS) is 18.8. The molecule has 2 nitrogen and oxygen atoms in total. The maximum atomic E-state index is 12.1. The van der Waals surface area contributed by atoms with E-state index in [1.807, 2.05) is 31.2 Å². The van der Waals surface area contributed by atoms with E-state index in [4.69, 9.17) is 4.74 Å². The summed E-state index contributed by atoms with van der Waals surface area (Å²) in [7, 11) is 0. The lowest BCUT2D eigenvalue weighted by Gasteiger charge is -2.32. The standard InChI is InChI=1S/C31H42O2/c1-9-11-12-25-19-27-28(31(7,8)22(4)30(27,5)6)20-26(25)21(3)18-23-13-15-24(16-14-23)29(32)33-17-10-2/h13-16,18-20,22H,9-12,17H2,1-8H3/b21-18+. The summed E-state index contributed by atoms with van der Waals surface area (Å²) in [5.74, 6) is 0.335. The first-order valence-electron chi connectivity index (χ1n) is 12.7. The minimum absolute atomic E-state index is 0.150. The summed E-state index contributed by atoms with van der Waals surface area (Å²) in [4.78, 5) is 12.1. The molecule has 33 heavy (non-hydrogen) atoms. The zero-order chi connectivity index (χ0) is 24.4. The van der Waals surface area contributed by atoms with Gasteiger partial charge in [0.25, 0.3) is 0 Å².